The van der Waals surface area contributed by atoms with Crippen LogP contribution in [0.4, 0.5) is 0 Å². The fraction of sp³-hybridized carbons (Fsp3) is 0.417. The van der Waals surface area contributed by atoms with Gasteiger partial charge in [-0.2, -0.15) is 0 Å². The lowest BCUT2D eigenvalue weighted by molar-refractivity contribution is -0.143. The van der Waals surface area contributed by atoms with E-state index in [-0.39, 0.29) is 47.5 Å². The van der Waals surface area contributed by atoms with E-state index in [0.717, 1.165) is 66.1 Å². The summed E-state index contributed by atoms with van der Waals surface area (Å²) in [7, 11) is 0. The van der Waals surface area contributed by atoms with Crippen molar-refractivity contribution in [3.8, 4) is 5.75 Å². The van der Waals surface area contributed by atoms with E-state index >= 15 is 0 Å². The van der Waals surface area contributed by atoms with Crippen LogP contribution < -0.4 is 0 Å². The Bertz CT molecular complexity index is 1590. The van der Waals surface area contributed by atoms with Gasteiger partial charge in [-0.1, -0.05) is 61.2 Å². The van der Waals surface area contributed by atoms with Crippen molar-refractivity contribution in [2.45, 2.75) is 70.4 Å². The van der Waals surface area contributed by atoms with Crippen LogP contribution in [0.3, 0.4) is 0 Å². The summed E-state index contributed by atoms with van der Waals surface area (Å²) < 4.78 is 6.44. The third-order valence-corrected chi connectivity index (χ3v) is 10.1. The third kappa shape index (κ3) is 4.66. The number of carbonyl (C=O) groups is 2. The topological polar surface area (TPSA) is 79.7 Å². The van der Waals surface area contributed by atoms with Gasteiger partial charge in [0, 0.05) is 23.5 Å². The summed E-state index contributed by atoms with van der Waals surface area (Å²) in [6.07, 6.45) is 11.4. The van der Waals surface area contributed by atoms with Crippen LogP contribution in [0.15, 0.2) is 71.9 Å². The fourth-order valence-electron chi connectivity index (χ4n) is 8.09. The monoisotopic (exact) mass is 562 g/mol. The molecule has 3 heterocycles. The molecule has 2 amide bonds. The first-order chi connectivity index (χ1) is 20.5. The molecule has 2 saturated heterocycles. The molecule has 4 aliphatic rings. The van der Waals surface area contributed by atoms with E-state index in [1.54, 1.807) is 11.0 Å². The lowest BCUT2D eigenvalue weighted by Gasteiger charge is -2.31. The number of ether oxygens (including phenoxy) is 1. The molecule has 6 nitrogen and oxygen atoms in total. The second-order valence-electron chi connectivity index (χ2n) is 12.5. The largest absolute Gasteiger partial charge is 0.507 e. The predicted molar refractivity (Wildman–Crippen MR) is 163 cm³/mol. The highest BCUT2D eigenvalue weighted by molar-refractivity contribution is 6.06. The van der Waals surface area contributed by atoms with Crippen LogP contribution in [0, 0.1) is 17.8 Å². The van der Waals surface area contributed by atoms with E-state index in [1.807, 2.05) is 54.7 Å². The Morgan fingerprint density at radius 3 is 2.55 bits per heavy atom. The first kappa shape index (κ1) is 27.1. The van der Waals surface area contributed by atoms with E-state index in [4.69, 9.17) is 4.74 Å². The Kier molecular flexibility index (Phi) is 7.19. The van der Waals surface area contributed by atoms with Gasteiger partial charge in [0.2, 0.25) is 11.8 Å². The van der Waals surface area contributed by atoms with Crippen molar-refractivity contribution in [2.24, 2.45) is 17.8 Å². The molecule has 1 N–H and O–H groups in total. The Morgan fingerprint density at radius 2 is 1.76 bits per heavy atom. The summed E-state index contributed by atoms with van der Waals surface area (Å²) in [4.78, 5) is 33.7. The van der Waals surface area contributed by atoms with Crippen LogP contribution in [0.1, 0.15) is 69.5 Å². The Balaban J connectivity index is 1.15. The van der Waals surface area contributed by atoms with Gasteiger partial charge in [0.15, 0.2) is 0 Å². The summed E-state index contributed by atoms with van der Waals surface area (Å²) in [5.41, 5.74) is 5.52. The van der Waals surface area contributed by atoms with Gasteiger partial charge in [-0.25, -0.2) is 0 Å². The van der Waals surface area contributed by atoms with Crippen LogP contribution >= 0.6 is 0 Å². The zero-order valence-electron chi connectivity index (χ0n) is 24.2. The molecule has 2 aliphatic carbocycles. The minimum Gasteiger partial charge on any atom is -0.507 e. The minimum absolute atomic E-state index is 0.0119. The number of hydrogen-bond acceptors (Lipinski definition) is 5. The van der Waals surface area contributed by atoms with Crippen molar-refractivity contribution in [2.75, 3.05) is 6.61 Å². The molecule has 4 atom stereocenters. The first-order valence-corrected chi connectivity index (χ1v) is 15.5. The highest BCUT2D eigenvalue weighted by Crippen LogP contribution is 2.50. The molecule has 6 heteroatoms. The second kappa shape index (κ2) is 11.1. The lowest BCUT2D eigenvalue weighted by atomic mass is 9.70. The minimum atomic E-state index is -0.280. The maximum atomic E-state index is 13.8. The summed E-state index contributed by atoms with van der Waals surface area (Å²) in [5.74, 6) is -0.154. The number of pyridine rings is 1. The van der Waals surface area contributed by atoms with Gasteiger partial charge in [-0.05, 0) is 85.4 Å². The maximum Gasteiger partial charge on any atom is 0.234 e. The van der Waals surface area contributed by atoms with E-state index < -0.39 is 0 Å². The molecule has 3 aromatic rings. The summed E-state index contributed by atoms with van der Waals surface area (Å²) in [6, 6.07) is 17.6. The number of benzene rings is 2. The molecule has 3 fully saturated rings. The van der Waals surface area contributed by atoms with E-state index in [9.17, 15) is 14.7 Å². The van der Waals surface area contributed by atoms with Crippen LogP contribution in [-0.4, -0.2) is 45.6 Å². The number of aromatic hydroxyl groups is 1. The molecule has 216 valence electrons. The van der Waals surface area contributed by atoms with Gasteiger partial charge < -0.3 is 9.84 Å². The van der Waals surface area contributed by atoms with E-state index in [1.165, 1.54) is 17.6 Å². The van der Waals surface area contributed by atoms with Gasteiger partial charge >= 0.3 is 0 Å². The molecule has 0 spiro atoms. The number of phenolic OH excluding ortho intramolecular Hbond substituents is 1. The number of rotatable bonds is 6. The molecule has 0 bridgehead atoms. The highest BCUT2D eigenvalue weighted by atomic mass is 16.5. The standard InChI is InChI=1S/C36H38N2O4/c1-22-19-28-34(36(41)38(35(28)40)25-9-3-2-4-10-25)29-21-42-32(33(22)29)17-15-24(30-13-7-8-18-37-30)20-23-14-16-31(39)27-12-6-5-11-26(23)27/h5-8,11-14,16,18,20,25,28-29,32,34,39H,2-4,9-10,15,17,19,21H2,1H3/b24-20-/t28-,29+,32-,34-/m1/s1. The first-order valence-electron chi connectivity index (χ1n) is 15.5. The normalized spacial score (nSPS) is 26.7. The van der Waals surface area contributed by atoms with Gasteiger partial charge in [0.1, 0.15) is 5.75 Å². The number of carbonyl (C=O) groups excluding carboxylic acids is 2. The molecule has 0 radical (unpaired) electrons. The number of nitrogens with zero attached hydrogens (tertiary/aromatic N) is 2. The van der Waals surface area contributed by atoms with Gasteiger partial charge in [0.25, 0.3) is 0 Å². The van der Waals surface area contributed by atoms with Gasteiger partial charge in [-0.3, -0.25) is 19.5 Å². The molecule has 0 unspecified atom stereocenters. The Morgan fingerprint density at radius 1 is 0.976 bits per heavy atom. The summed E-state index contributed by atoms with van der Waals surface area (Å²) >= 11 is 0. The zero-order chi connectivity index (χ0) is 28.8. The molecule has 1 saturated carbocycles. The summed E-state index contributed by atoms with van der Waals surface area (Å²) in [6.45, 7) is 2.64. The molecule has 2 aliphatic heterocycles. The Hall–Kier alpha value is -3.77. The number of fused-ring (bicyclic) bond motifs is 4. The second-order valence-corrected chi connectivity index (χ2v) is 12.5. The number of likely N-dealkylation sites (tertiary alicyclic amines) is 1. The smallest absolute Gasteiger partial charge is 0.234 e. The Labute approximate surface area is 247 Å². The van der Waals surface area contributed by atoms with Crippen LogP contribution in [-0.2, 0) is 14.3 Å². The third-order valence-electron chi connectivity index (χ3n) is 10.1. The SMILES string of the molecule is CC1=C2[C@@H](CC/C(=C/c3ccc(O)c4ccccc34)c3ccccn3)OC[C@@H]2[C@@H]2C(=O)N(C3CCCCC3)C(=O)[C@@H]2C1. The lowest BCUT2D eigenvalue weighted by Crippen LogP contribution is -2.42. The number of amides is 2. The number of imide groups is 1. The number of aromatic nitrogens is 1. The number of phenols is 1. The summed E-state index contributed by atoms with van der Waals surface area (Å²) in [5, 5.41) is 12.2. The highest BCUT2D eigenvalue weighted by Gasteiger charge is 2.57. The van der Waals surface area contributed by atoms with Gasteiger partial charge in [0.05, 0.1) is 30.2 Å². The molecule has 42 heavy (non-hydrogen) atoms. The van der Waals surface area contributed by atoms with Crippen molar-refractivity contribution in [3.05, 3.63) is 83.2 Å². The van der Waals surface area contributed by atoms with E-state index in [0.29, 0.717) is 13.0 Å². The fourth-order valence-corrected chi connectivity index (χ4v) is 8.09. The number of hydrogen-bond donors (Lipinski definition) is 1. The quantitative estimate of drug-likeness (QED) is 0.260. The molecular weight excluding hydrogens is 524 g/mol. The van der Waals surface area contributed by atoms with Crippen molar-refractivity contribution in [3.63, 3.8) is 0 Å². The van der Waals surface area contributed by atoms with Crippen molar-refractivity contribution in [1.29, 1.82) is 0 Å². The predicted octanol–water partition coefficient (Wildman–Crippen LogP) is 6.93. The van der Waals surface area contributed by atoms with Crippen molar-refractivity contribution < 1.29 is 19.4 Å². The molecule has 1 aromatic heterocycles. The van der Waals surface area contributed by atoms with Crippen molar-refractivity contribution >= 4 is 34.2 Å². The van der Waals surface area contributed by atoms with Gasteiger partial charge in [-0.15, -0.1) is 0 Å². The van der Waals surface area contributed by atoms with Crippen LogP contribution in [0.25, 0.3) is 22.4 Å². The van der Waals surface area contributed by atoms with E-state index in [2.05, 4.69) is 18.0 Å². The molecular formula is C36H38N2O4. The van der Waals surface area contributed by atoms with Crippen molar-refractivity contribution in [1.82, 2.24) is 9.88 Å². The maximum absolute atomic E-state index is 13.8. The zero-order valence-corrected chi connectivity index (χ0v) is 24.2. The average molecular weight is 563 g/mol. The molecule has 7 rings (SSSR count). The van der Waals surface area contributed by atoms with Crippen LogP contribution in [0.5, 0.6) is 5.75 Å². The molecule has 2 aromatic carbocycles. The average Bonchev–Trinajstić information content (AvgIpc) is 3.55. The van der Waals surface area contributed by atoms with Crippen LogP contribution in [0.2, 0.25) is 0 Å². The number of allylic oxidation sites excluding steroid dienone is 2.